The van der Waals surface area contributed by atoms with Gasteiger partial charge in [0, 0.05) is 13.2 Å². The minimum atomic E-state index is -0.149. The molecule has 0 atom stereocenters. The van der Waals surface area contributed by atoms with Crippen molar-refractivity contribution in [3.8, 4) is 5.88 Å². The van der Waals surface area contributed by atoms with Gasteiger partial charge in [0.1, 0.15) is 11.3 Å². The van der Waals surface area contributed by atoms with Crippen LogP contribution in [0, 0.1) is 6.92 Å². The summed E-state index contributed by atoms with van der Waals surface area (Å²) in [6, 6.07) is 2.11. The first-order valence-corrected chi connectivity index (χ1v) is 4.85. The summed E-state index contributed by atoms with van der Waals surface area (Å²) in [5.41, 5.74) is 2.10. The Morgan fingerprint density at radius 3 is 2.93 bits per heavy atom. The average Bonchev–Trinajstić information content (AvgIpc) is 2.05. The molecule has 0 bridgehead atoms. The molecule has 1 aliphatic heterocycles. The summed E-state index contributed by atoms with van der Waals surface area (Å²) in [7, 11) is 2.07. The van der Waals surface area contributed by atoms with Gasteiger partial charge in [0.2, 0.25) is 5.88 Å². The highest BCUT2D eigenvalue weighted by Gasteiger charge is 2.30. The number of rotatable bonds is 0. The lowest BCUT2D eigenvalue weighted by Crippen LogP contribution is -2.45. The topological polar surface area (TPSA) is 25.4 Å². The third-order valence-corrected chi connectivity index (χ3v) is 2.37. The van der Waals surface area contributed by atoms with Crippen LogP contribution in [0.1, 0.15) is 19.4 Å². The Morgan fingerprint density at radius 1 is 1.50 bits per heavy atom. The molecule has 0 radical (unpaired) electrons. The summed E-state index contributed by atoms with van der Waals surface area (Å²) >= 11 is 0. The molecule has 2 heterocycles. The maximum Gasteiger partial charge on any atom is 0.238 e. The van der Waals surface area contributed by atoms with Crippen LogP contribution in [0.15, 0.2) is 12.3 Å². The zero-order valence-corrected chi connectivity index (χ0v) is 9.16. The predicted octanol–water partition coefficient (Wildman–Crippen LogP) is 2.00. The summed E-state index contributed by atoms with van der Waals surface area (Å²) in [4.78, 5) is 6.49. The van der Waals surface area contributed by atoms with Crippen LogP contribution in [0.3, 0.4) is 0 Å². The zero-order chi connectivity index (χ0) is 10.3. The molecule has 14 heavy (non-hydrogen) atoms. The fourth-order valence-corrected chi connectivity index (χ4v) is 1.84. The number of nitrogens with zero attached hydrogens (tertiary/aromatic N) is 2. The largest absolute Gasteiger partial charge is 0.468 e. The quantitative estimate of drug-likeness (QED) is 0.628. The van der Waals surface area contributed by atoms with Crippen LogP contribution < -0.4 is 9.64 Å². The van der Waals surface area contributed by atoms with Gasteiger partial charge in [-0.05, 0) is 32.4 Å². The minimum Gasteiger partial charge on any atom is -0.468 e. The molecule has 0 N–H and O–H groups in total. The standard InChI is InChI=1S/C11H16N2O/c1-8-5-9-10(12-6-8)14-11(2,3)7-13(9)4/h5-6H,7H2,1-4H3. The maximum absolute atomic E-state index is 5.79. The number of aryl methyl sites for hydroxylation is 1. The fourth-order valence-electron chi connectivity index (χ4n) is 1.84. The number of likely N-dealkylation sites (N-methyl/N-ethyl adjacent to an activating group) is 1. The van der Waals surface area contributed by atoms with Gasteiger partial charge in [-0.1, -0.05) is 0 Å². The lowest BCUT2D eigenvalue weighted by atomic mass is 10.1. The van der Waals surface area contributed by atoms with Crippen LogP contribution in [-0.4, -0.2) is 24.2 Å². The first kappa shape index (κ1) is 9.31. The monoisotopic (exact) mass is 192 g/mol. The number of pyridine rings is 1. The summed E-state index contributed by atoms with van der Waals surface area (Å²) in [6.45, 7) is 7.09. The molecule has 0 saturated heterocycles. The van der Waals surface area contributed by atoms with Crippen molar-refractivity contribution in [1.82, 2.24) is 4.98 Å². The molecule has 0 saturated carbocycles. The number of ether oxygens (including phenoxy) is 1. The minimum absolute atomic E-state index is 0.149. The molecule has 3 heteroatoms. The van der Waals surface area contributed by atoms with Gasteiger partial charge in [-0.15, -0.1) is 0 Å². The van der Waals surface area contributed by atoms with Gasteiger partial charge in [-0.3, -0.25) is 0 Å². The van der Waals surface area contributed by atoms with Gasteiger partial charge in [0.25, 0.3) is 0 Å². The summed E-state index contributed by atoms with van der Waals surface area (Å²) < 4.78 is 5.79. The van der Waals surface area contributed by atoms with Crippen molar-refractivity contribution in [1.29, 1.82) is 0 Å². The molecule has 0 aliphatic carbocycles. The van der Waals surface area contributed by atoms with Crippen molar-refractivity contribution >= 4 is 5.69 Å². The maximum atomic E-state index is 5.79. The van der Waals surface area contributed by atoms with E-state index in [1.54, 1.807) is 0 Å². The number of aromatic nitrogens is 1. The van der Waals surface area contributed by atoms with Crippen molar-refractivity contribution in [2.75, 3.05) is 18.5 Å². The van der Waals surface area contributed by atoms with E-state index in [0.29, 0.717) is 0 Å². The molecular weight excluding hydrogens is 176 g/mol. The Kier molecular flexibility index (Phi) is 1.91. The molecule has 1 aromatic rings. The van der Waals surface area contributed by atoms with Crippen LogP contribution in [0.4, 0.5) is 5.69 Å². The molecule has 1 aromatic heterocycles. The zero-order valence-electron chi connectivity index (χ0n) is 9.16. The van der Waals surface area contributed by atoms with Crippen LogP contribution >= 0.6 is 0 Å². The Hall–Kier alpha value is -1.25. The normalized spacial score (nSPS) is 18.7. The molecule has 76 valence electrons. The first-order chi connectivity index (χ1) is 6.48. The molecule has 0 fully saturated rings. The van der Waals surface area contributed by atoms with E-state index in [-0.39, 0.29) is 5.60 Å². The Labute approximate surface area is 84.7 Å². The Morgan fingerprint density at radius 2 is 2.21 bits per heavy atom. The Bertz CT molecular complexity index is 360. The lowest BCUT2D eigenvalue weighted by Gasteiger charge is -2.38. The van der Waals surface area contributed by atoms with Crippen molar-refractivity contribution < 1.29 is 4.74 Å². The van der Waals surface area contributed by atoms with E-state index in [9.17, 15) is 0 Å². The van der Waals surface area contributed by atoms with Crippen molar-refractivity contribution in [2.45, 2.75) is 26.4 Å². The third kappa shape index (κ3) is 1.54. The Balaban J connectivity index is 2.45. The molecular formula is C11H16N2O. The molecule has 0 amide bonds. The summed E-state index contributed by atoms with van der Waals surface area (Å²) in [6.07, 6.45) is 1.84. The van der Waals surface area contributed by atoms with Crippen molar-refractivity contribution in [2.24, 2.45) is 0 Å². The molecule has 0 spiro atoms. The second-order valence-corrected chi connectivity index (χ2v) is 4.55. The first-order valence-electron chi connectivity index (χ1n) is 4.85. The number of hydrogen-bond donors (Lipinski definition) is 0. The van der Waals surface area contributed by atoms with E-state index in [4.69, 9.17) is 4.74 Å². The van der Waals surface area contributed by atoms with E-state index in [0.717, 1.165) is 18.1 Å². The van der Waals surface area contributed by atoms with E-state index in [2.05, 4.69) is 36.8 Å². The van der Waals surface area contributed by atoms with E-state index >= 15 is 0 Å². The molecule has 2 rings (SSSR count). The van der Waals surface area contributed by atoms with Gasteiger partial charge in [-0.2, -0.15) is 0 Å². The molecule has 0 unspecified atom stereocenters. The number of fused-ring (bicyclic) bond motifs is 1. The smallest absolute Gasteiger partial charge is 0.238 e. The molecule has 1 aliphatic rings. The van der Waals surface area contributed by atoms with E-state index in [1.807, 2.05) is 13.1 Å². The summed E-state index contributed by atoms with van der Waals surface area (Å²) in [5.74, 6) is 0.745. The molecule has 0 aromatic carbocycles. The van der Waals surface area contributed by atoms with Gasteiger partial charge < -0.3 is 9.64 Å². The van der Waals surface area contributed by atoms with Crippen LogP contribution in [0.5, 0.6) is 5.88 Å². The second kappa shape index (κ2) is 2.87. The van der Waals surface area contributed by atoms with Gasteiger partial charge in [0.15, 0.2) is 0 Å². The fraction of sp³-hybridized carbons (Fsp3) is 0.545. The van der Waals surface area contributed by atoms with Gasteiger partial charge in [-0.25, -0.2) is 4.98 Å². The third-order valence-electron chi connectivity index (χ3n) is 2.37. The lowest BCUT2D eigenvalue weighted by molar-refractivity contribution is 0.100. The number of hydrogen-bond acceptors (Lipinski definition) is 3. The van der Waals surface area contributed by atoms with Crippen LogP contribution in [-0.2, 0) is 0 Å². The highest BCUT2D eigenvalue weighted by atomic mass is 16.5. The summed E-state index contributed by atoms with van der Waals surface area (Å²) in [5, 5.41) is 0. The van der Waals surface area contributed by atoms with Gasteiger partial charge in [0.05, 0.1) is 6.54 Å². The van der Waals surface area contributed by atoms with Gasteiger partial charge >= 0.3 is 0 Å². The predicted molar refractivity (Wildman–Crippen MR) is 57.0 cm³/mol. The highest BCUT2D eigenvalue weighted by molar-refractivity contribution is 5.57. The van der Waals surface area contributed by atoms with Crippen LogP contribution in [0.2, 0.25) is 0 Å². The van der Waals surface area contributed by atoms with E-state index < -0.39 is 0 Å². The van der Waals surface area contributed by atoms with Crippen molar-refractivity contribution in [3.05, 3.63) is 17.8 Å². The van der Waals surface area contributed by atoms with Crippen LogP contribution in [0.25, 0.3) is 0 Å². The molecule has 3 nitrogen and oxygen atoms in total. The van der Waals surface area contributed by atoms with Crippen molar-refractivity contribution in [3.63, 3.8) is 0 Å². The SMILES string of the molecule is Cc1cnc2c(c1)N(C)CC(C)(C)O2. The van der Waals surface area contributed by atoms with E-state index in [1.165, 1.54) is 5.56 Å². The number of anilines is 1. The highest BCUT2D eigenvalue weighted by Crippen LogP contribution is 2.34. The average molecular weight is 192 g/mol. The second-order valence-electron chi connectivity index (χ2n) is 4.55.